The van der Waals surface area contributed by atoms with E-state index >= 15 is 0 Å². The Balaban J connectivity index is 0.000000458. The van der Waals surface area contributed by atoms with Crippen molar-refractivity contribution in [2.45, 2.75) is 32.9 Å². The molecule has 1 saturated heterocycles. The number of fused-ring (bicyclic) bond motifs is 6. The fourth-order valence-corrected chi connectivity index (χ4v) is 12.7. The third kappa shape index (κ3) is 4.77. The zero-order valence-corrected chi connectivity index (χ0v) is 23.9. The molecule has 140 valence electrons. The molecule has 5 aliphatic rings. The quantitative estimate of drug-likeness (QED) is 0.453. The number of rotatable bonds is 0. The van der Waals surface area contributed by atoms with E-state index in [-0.39, 0.29) is 48.0 Å². The Morgan fingerprint density at radius 2 is 1.08 bits per heavy atom. The smallest absolute Gasteiger partial charge is 0.379 e. The van der Waals surface area contributed by atoms with Crippen molar-refractivity contribution in [1.29, 1.82) is 0 Å². The predicted octanol–water partition coefficient (Wildman–Crippen LogP) is 4.14. The van der Waals surface area contributed by atoms with Crippen molar-refractivity contribution in [3.63, 3.8) is 0 Å². The van der Waals surface area contributed by atoms with Crippen LogP contribution in [0, 0.1) is 35.5 Å². The van der Waals surface area contributed by atoms with E-state index in [1.54, 1.807) is 12.8 Å². The average molecular weight is 503 g/mol. The van der Waals surface area contributed by atoms with E-state index in [4.69, 9.17) is 0 Å². The van der Waals surface area contributed by atoms with Crippen molar-refractivity contribution in [3.05, 3.63) is 48.6 Å². The van der Waals surface area contributed by atoms with Gasteiger partial charge >= 0.3 is 174 Å². The molecule has 2 saturated carbocycles. The van der Waals surface area contributed by atoms with E-state index in [1.807, 2.05) is 0 Å². The summed E-state index contributed by atoms with van der Waals surface area (Å²) in [7, 11) is 0. The minimum atomic E-state index is -0.301. The molecule has 0 spiro atoms. The van der Waals surface area contributed by atoms with Crippen molar-refractivity contribution in [2.75, 3.05) is 0 Å². The molecule has 1 heterocycles. The SMILES string of the molecule is C1=CC2CC3CCC4CC5C=CC=CC5[CH]4[Zr][CH]3C2C=C1.Cl.Cl.[AlH2][O][AlH2]. The van der Waals surface area contributed by atoms with Crippen LogP contribution >= 0.6 is 24.8 Å². The Bertz CT molecular complexity index is 532. The summed E-state index contributed by atoms with van der Waals surface area (Å²) in [5.41, 5.74) is 0. The van der Waals surface area contributed by atoms with E-state index in [1.165, 1.54) is 12.8 Å². The topological polar surface area (TPSA) is 9.23 Å². The summed E-state index contributed by atoms with van der Waals surface area (Å²) in [5.74, 6) is 5.86. The van der Waals surface area contributed by atoms with E-state index in [0.717, 1.165) is 76.0 Å². The van der Waals surface area contributed by atoms with Crippen LogP contribution in [0.25, 0.3) is 0 Å². The second-order valence-corrected chi connectivity index (χ2v) is 15.6. The van der Waals surface area contributed by atoms with E-state index in [9.17, 15) is 0 Å². The van der Waals surface area contributed by atoms with E-state index in [0.29, 0.717) is 0 Å². The maximum Gasteiger partial charge on any atom is 0.379 e. The molecule has 5 rings (SSSR count). The maximum absolute atomic E-state index is 4.53. The van der Waals surface area contributed by atoms with Crippen LogP contribution in [0.5, 0.6) is 0 Å². The molecule has 26 heavy (non-hydrogen) atoms. The van der Waals surface area contributed by atoms with Gasteiger partial charge in [-0.25, -0.2) is 0 Å². The first-order valence-electron chi connectivity index (χ1n) is 9.68. The maximum atomic E-state index is 4.53. The summed E-state index contributed by atoms with van der Waals surface area (Å²) in [6.45, 7) is 0. The number of allylic oxidation sites excluding steroid dienone is 8. The minimum Gasteiger partial charge on any atom is -0.647 e. The molecule has 0 N–H and O–H groups in total. The molecular weight excluding hydrogens is 472 g/mol. The van der Waals surface area contributed by atoms with Gasteiger partial charge in [0, 0.05) is 0 Å². The fourth-order valence-electron chi connectivity index (χ4n) is 5.94. The Labute approximate surface area is 199 Å². The van der Waals surface area contributed by atoms with Gasteiger partial charge in [-0.2, -0.15) is 0 Å². The molecule has 4 aliphatic carbocycles. The molecule has 6 heteroatoms. The second kappa shape index (κ2) is 11.0. The Morgan fingerprint density at radius 3 is 1.50 bits per heavy atom. The van der Waals surface area contributed by atoms with Crippen LogP contribution in [0.2, 0.25) is 7.25 Å². The first kappa shape index (κ1) is 23.7. The predicted molar refractivity (Wildman–Crippen MR) is 116 cm³/mol. The van der Waals surface area contributed by atoms with Crippen molar-refractivity contribution in [2.24, 2.45) is 35.5 Å². The van der Waals surface area contributed by atoms with Gasteiger partial charge in [0.2, 0.25) is 0 Å². The van der Waals surface area contributed by atoms with Crippen molar-refractivity contribution < 1.29 is 26.1 Å². The molecule has 1 nitrogen and oxygen atoms in total. The molecule has 0 aromatic carbocycles. The third-order valence-corrected chi connectivity index (χ3v) is 13.0. The summed E-state index contributed by atoms with van der Waals surface area (Å²) < 4.78 is 6.82. The molecule has 0 amide bonds. The molecule has 8 unspecified atom stereocenters. The molecule has 0 aromatic heterocycles. The molecule has 3 fully saturated rings. The molecule has 0 radical (unpaired) electrons. The van der Waals surface area contributed by atoms with E-state index < -0.39 is 0 Å². The normalized spacial score (nSPS) is 43.1. The van der Waals surface area contributed by atoms with Crippen LogP contribution in [-0.4, -0.2) is 33.2 Å². The summed E-state index contributed by atoms with van der Waals surface area (Å²) >= 11 is 1.56. The van der Waals surface area contributed by atoms with Gasteiger partial charge in [0.25, 0.3) is 0 Å². The van der Waals surface area contributed by atoms with Crippen LogP contribution < -0.4 is 0 Å². The van der Waals surface area contributed by atoms with Crippen molar-refractivity contribution >= 4 is 58.1 Å². The number of halogens is 2. The molecule has 0 aromatic rings. The zero-order valence-electron chi connectivity index (χ0n) is 15.8. The Hall–Kier alpha value is 1.45. The Morgan fingerprint density at radius 1 is 0.692 bits per heavy atom. The largest absolute Gasteiger partial charge is 0.647 e. The summed E-state index contributed by atoms with van der Waals surface area (Å²) in [6.07, 6.45) is 25.6. The van der Waals surface area contributed by atoms with Gasteiger partial charge in [-0.05, 0) is 0 Å². The third-order valence-electron chi connectivity index (χ3n) is 6.88. The first-order valence-corrected chi connectivity index (χ1v) is 14.1. The molecule has 8 atom stereocenters. The van der Waals surface area contributed by atoms with Gasteiger partial charge in [0.15, 0.2) is 0 Å². The molecule has 0 bridgehead atoms. The van der Waals surface area contributed by atoms with Crippen molar-refractivity contribution in [1.82, 2.24) is 0 Å². The monoisotopic (exact) mass is 500 g/mol. The van der Waals surface area contributed by atoms with Gasteiger partial charge in [-0.3, -0.25) is 0 Å². The van der Waals surface area contributed by atoms with Crippen LogP contribution in [-0.2, 0) is 26.1 Å². The number of hydrogen-bond donors (Lipinski definition) is 0. The fraction of sp³-hybridized carbons (Fsp3) is 0.600. The first-order chi connectivity index (χ1) is 11.8. The van der Waals surface area contributed by atoms with Gasteiger partial charge in [0.05, 0.1) is 0 Å². The average Bonchev–Trinajstić information content (AvgIpc) is 3.08. The van der Waals surface area contributed by atoms with Gasteiger partial charge in [-0.1, -0.05) is 0 Å². The molecule has 1 aliphatic heterocycles. The van der Waals surface area contributed by atoms with Gasteiger partial charge < -0.3 is 2.84 Å². The van der Waals surface area contributed by atoms with Crippen molar-refractivity contribution in [3.8, 4) is 0 Å². The van der Waals surface area contributed by atoms with E-state index in [2.05, 4.69) is 51.4 Å². The van der Waals surface area contributed by atoms with Crippen LogP contribution in [0.3, 0.4) is 0 Å². The minimum absolute atomic E-state index is 0. The van der Waals surface area contributed by atoms with Gasteiger partial charge in [-0.15, -0.1) is 24.8 Å². The second-order valence-electron chi connectivity index (χ2n) is 8.22. The zero-order chi connectivity index (χ0) is 16.5. The summed E-state index contributed by atoms with van der Waals surface area (Å²) in [6, 6.07) is 0. The van der Waals surface area contributed by atoms with Crippen LogP contribution in [0.1, 0.15) is 25.7 Å². The molecular formula is C20H30Al2Cl2OZr. The van der Waals surface area contributed by atoms with Gasteiger partial charge in [0.1, 0.15) is 0 Å². The van der Waals surface area contributed by atoms with Crippen LogP contribution in [0.15, 0.2) is 48.6 Å². The Kier molecular flexibility index (Phi) is 10.0. The summed E-state index contributed by atoms with van der Waals surface area (Å²) in [4.78, 5) is 0. The number of hydrogen-bond acceptors (Lipinski definition) is 1. The standard InChI is InChI=1S/C20H24.2Al.2ClH.O.Zr.4H/c1-2-6-18-12-15(11-17(18)5-1)9-10-16-13-19-7-3-4-8-20(19)14-16;;;;;;;;;;/h1-8,11,13,15-20H,9-10,12,14H2;;;2*1H;;;;;;. The van der Waals surface area contributed by atoms with Crippen LogP contribution in [0.4, 0.5) is 0 Å². The summed E-state index contributed by atoms with van der Waals surface area (Å²) in [5, 5.41) is 0.